The van der Waals surface area contributed by atoms with Crippen molar-refractivity contribution in [1.29, 1.82) is 0 Å². The van der Waals surface area contributed by atoms with Crippen molar-refractivity contribution in [2.45, 2.75) is 33.6 Å². The van der Waals surface area contributed by atoms with Crippen LogP contribution >= 0.6 is 11.6 Å². The summed E-state index contributed by atoms with van der Waals surface area (Å²) in [5.74, 6) is 1.50. The smallest absolute Gasteiger partial charge is 0.141 e. The average molecular weight is 271 g/mol. The van der Waals surface area contributed by atoms with Crippen LogP contribution in [-0.2, 0) is 11.2 Å². The Morgan fingerprint density at radius 1 is 1.22 bits per heavy atom. The Kier molecular flexibility index (Phi) is 7.14. The minimum Gasteiger partial charge on any atom is -0.489 e. The van der Waals surface area contributed by atoms with E-state index in [0.29, 0.717) is 30.8 Å². The SMILES string of the molecule is CCOCCOc1c(Cl)cccc1CCC(C)C. The highest BCUT2D eigenvalue weighted by molar-refractivity contribution is 6.32. The van der Waals surface area contributed by atoms with Crippen LogP contribution in [0.1, 0.15) is 32.8 Å². The quantitative estimate of drug-likeness (QED) is 0.654. The van der Waals surface area contributed by atoms with Crippen LogP contribution in [0.5, 0.6) is 5.75 Å². The Labute approximate surface area is 115 Å². The average Bonchev–Trinajstić information content (AvgIpc) is 2.34. The number of hydrogen-bond acceptors (Lipinski definition) is 2. The molecule has 0 saturated heterocycles. The largest absolute Gasteiger partial charge is 0.489 e. The molecule has 0 aromatic heterocycles. The third-order valence-corrected chi connectivity index (χ3v) is 3.02. The summed E-state index contributed by atoms with van der Waals surface area (Å²) in [5.41, 5.74) is 1.19. The van der Waals surface area contributed by atoms with Crippen LogP contribution in [0.25, 0.3) is 0 Å². The summed E-state index contributed by atoms with van der Waals surface area (Å²) < 4.78 is 11.0. The van der Waals surface area contributed by atoms with Crippen molar-refractivity contribution in [1.82, 2.24) is 0 Å². The molecule has 0 saturated carbocycles. The number of rotatable bonds is 8. The van der Waals surface area contributed by atoms with Gasteiger partial charge in [-0.1, -0.05) is 37.6 Å². The molecule has 0 aliphatic rings. The Hall–Kier alpha value is -0.730. The molecule has 0 amide bonds. The van der Waals surface area contributed by atoms with E-state index in [1.165, 1.54) is 5.56 Å². The van der Waals surface area contributed by atoms with Gasteiger partial charge in [0, 0.05) is 6.61 Å². The number of para-hydroxylation sites is 1. The highest BCUT2D eigenvalue weighted by Crippen LogP contribution is 2.30. The van der Waals surface area contributed by atoms with Gasteiger partial charge in [0.2, 0.25) is 0 Å². The van der Waals surface area contributed by atoms with Crippen LogP contribution in [0.4, 0.5) is 0 Å². The van der Waals surface area contributed by atoms with Gasteiger partial charge < -0.3 is 9.47 Å². The molecule has 1 aromatic rings. The molecular weight excluding hydrogens is 248 g/mol. The zero-order valence-corrected chi connectivity index (χ0v) is 12.3. The zero-order chi connectivity index (χ0) is 13.4. The minimum absolute atomic E-state index is 0.548. The van der Waals surface area contributed by atoms with Gasteiger partial charge in [-0.2, -0.15) is 0 Å². The van der Waals surface area contributed by atoms with E-state index < -0.39 is 0 Å². The van der Waals surface area contributed by atoms with E-state index in [0.717, 1.165) is 18.6 Å². The Morgan fingerprint density at radius 3 is 2.67 bits per heavy atom. The predicted molar refractivity (Wildman–Crippen MR) is 76.6 cm³/mol. The lowest BCUT2D eigenvalue weighted by molar-refractivity contribution is 0.110. The number of hydrogen-bond donors (Lipinski definition) is 0. The molecule has 0 unspecified atom stereocenters. The molecule has 0 spiro atoms. The molecule has 0 aliphatic carbocycles. The molecule has 102 valence electrons. The molecule has 3 heteroatoms. The maximum atomic E-state index is 6.19. The first-order valence-electron chi connectivity index (χ1n) is 6.63. The van der Waals surface area contributed by atoms with Gasteiger partial charge >= 0.3 is 0 Å². The molecule has 0 aliphatic heterocycles. The van der Waals surface area contributed by atoms with E-state index in [1.54, 1.807) is 0 Å². The first-order valence-corrected chi connectivity index (χ1v) is 7.00. The van der Waals surface area contributed by atoms with Crippen molar-refractivity contribution >= 4 is 11.6 Å². The minimum atomic E-state index is 0.548. The molecule has 0 fully saturated rings. The molecule has 1 rings (SSSR count). The van der Waals surface area contributed by atoms with Crippen LogP contribution in [0, 0.1) is 5.92 Å². The first-order chi connectivity index (χ1) is 8.65. The van der Waals surface area contributed by atoms with E-state index in [4.69, 9.17) is 21.1 Å². The highest BCUT2D eigenvalue weighted by atomic mass is 35.5. The van der Waals surface area contributed by atoms with Crippen LogP contribution in [-0.4, -0.2) is 19.8 Å². The maximum absolute atomic E-state index is 6.19. The Bertz CT molecular complexity index is 350. The molecule has 0 radical (unpaired) electrons. The van der Waals surface area contributed by atoms with Crippen molar-refractivity contribution < 1.29 is 9.47 Å². The number of halogens is 1. The highest BCUT2D eigenvalue weighted by Gasteiger charge is 2.09. The zero-order valence-electron chi connectivity index (χ0n) is 11.5. The van der Waals surface area contributed by atoms with Gasteiger partial charge in [0.05, 0.1) is 11.6 Å². The second-order valence-electron chi connectivity index (χ2n) is 4.71. The lowest BCUT2D eigenvalue weighted by Gasteiger charge is -2.14. The monoisotopic (exact) mass is 270 g/mol. The normalized spacial score (nSPS) is 10.9. The molecule has 0 N–H and O–H groups in total. The van der Waals surface area contributed by atoms with Gasteiger partial charge in [-0.15, -0.1) is 0 Å². The first kappa shape index (κ1) is 15.3. The van der Waals surface area contributed by atoms with Gasteiger partial charge in [0.25, 0.3) is 0 Å². The summed E-state index contributed by atoms with van der Waals surface area (Å²) in [6.07, 6.45) is 2.14. The van der Waals surface area contributed by atoms with Crippen LogP contribution in [0.3, 0.4) is 0 Å². The summed E-state index contributed by atoms with van der Waals surface area (Å²) in [5, 5.41) is 0.688. The summed E-state index contributed by atoms with van der Waals surface area (Å²) >= 11 is 6.19. The van der Waals surface area contributed by atoms with Gasteiger partial charge in [-0.3, -0.25) is 0 Å². The molecule has 0 atom stereocenters. The summed E-state index contributed by atoms with van der Waals surface area (Å²) in [4.78, 5) is 0. The Balaban J connectivity index is 2.62. The van der Waals surface area contributed by atoms with E-state index >= 15 is 0 Å². The predicted octanol–water partition coefficient (Wildman–Crippen LogP) is 4.34. The molecule has 1 aromatic carbocycles. The van der Waals surface area contributed by atoms with Gasteiger partial charge in [0.15, 0.2) is 0 Å². The third kappa shape index (κ3) is 5.28. The third-order valence-electron chi connectivity index (χ3n) is 2.72. The molecule has 18 heavy (non-hydrogen) atoms. The van der Waals surface area contributed by atoms with Crippen LogP contribution < -0.4 is 4.74 Å². The van der Waals surface area contributed by atoms with E-state index in [2.05, 4.69) is 19.9 Å². The second kappa shape index (κ2) is 8.39. The fourth-order valence-corrected chi connectivity index (χ4v) is 1.95. The van der Waals surface area contributed by atoms with Gasteiger partial charge in [-0.05, 0) is 37.3 Å². The molecular formula is C15H23ClO2. The van der Waals surface area contributed by atoms with Crippen LogP contribution in [0.2, 0.25) is 5.02 Å². The molecule has 2 nitrogen and oxygen atoms in total. The number of benzene rings is 1. The second-order valence-corrected chi connectivity index (χ2v) is 5.11. The van der Waals surface area contributed by atoms with Crippen molar-refractivity contribution in [2.75, 3.05) is 19.8 Å². The van der Waals surface area contributed by atoms with Gasteiger partial charge in [-0.25, -0.2) is 0 Å². The number of ether oxygens (including phenoxy) is 2. The van der Waals surface area contributed by atoms with Crippen LogP contribution in [0.15, 0.2) is 18.2 Å². The van der Waals surface area contributed by atoms with Crippen molar-refractivity contribution in [3.63, 3.8) is 0 Å². The van der Waals surface area contributed by atoms with Gasteiger partial charge in [0.1, 0.15) is 12.4 Å². The van der Waals surface area contributed by atoms with E-state index in [9.17, 15) is 0 Å². The molecule has 0 heterocycles. The Morgan fingerprint density at radius 2 is 2.00 bits per heavy atom. The lowest BCUT2D eigenvalue weighted by Crippen LogP contribution is -2.08. The fourth-order valence-electron chi connectivity index (χ4n) is 1.70. The van der Waals surface area contributed by atoms with Crippen molar-refractivity contribution in [3.05, 3.63) is 28.8 Å². The molecule has 0 bridgehead atoms. The fraction of sp³-hybridized carbons (Fsp3) is 0.600. The topological polar surface area (TPSA) is 18.5 Å². The summed E-state index contributed by atoms with van der Waals surface area (Å²) in [6, 6.07) is 5.94. The maximum Gasteiger partial charge on any atom is 0.141 e. The number of aryl methyl sites for hydroxylation is 1. The van der Waals surface area contributed by atoms with Crippen molar-refractivity contribution in [3.8, 4) is 5.75 Å². The van der Waals surface area contributed by atoms with Crippen molar-refractivity contribution in [2.24, 2.45) is 5.92 Å². The van der Waals surface area contributed by atoms with E-state index in [1.807, 2.05) is 19.1 Å². The summed E-state index contributed by atoms with van der Waals surface area (Å²) in [6.45, 7) is 8.29. The van der Waals surface area contributed by atoms with E-state index in [-0.39, 0.29) is 0 Å². The summed E-state index contributed by atoms with van der Waals surface area (Å²) in [7, 11) is 0. The standard InChI is InChI=1S/C15H23ClO2/c1-4-17-10-11-18-15-13(9-8-12(2)3)6-5-7-14(15)16/h5-7,12H,4,8-11H2,1-3H3. The lowest BCUT2D eigenvalue weighted by atomic mass is 10.0.